The third kappa shape index (κ3) is 3.32. The van der Waals surface area contributed by atoms with E-state index in [1.165, 1.54) is 4.90 Å². The highest BCUT2D eigenvalue weighted by Crippen LogP contribution is 2.20. The molecule has 21 heavy (non-hydrogen) atoms. The molecule has 1 aliphatic heterocycles. The number of carboxylic acids is 1. The van der Waals surface area contributed by atoms with Crippen molar-refractivity contribution in [1.29, 1.82) is 0 Å². The number of aliphatic hydroxyl groups excluding tert-OH is 1. The summed E-state index contributed by atoms with van der Waals surface area (Å²) in [5.41, 5.74) is 0.885. The molecule has 2 amide bonds. The maximum atomic E-state index is 12.3. The Bertz CT molecular complexity index is 546. The van der Waals surface area contributed by atoms with Crippen LogP contribution in [0.4, 0.5) is 10.5 Å². The molecule has 0 aliphatic carbocycles. The Balaban J connectivity index is 2.19. The van der Waals surface area contributed by atoms with Crippen LogP contribution in [0.1, 0.15) is 15.9 Å². The van der Waals surface area contributed by atoms with Crippen LogP contribution in [0.25, 0.3) is 0 Å². The van der Waals surface area contributed by atoms with Crippen molar-refractivity contribution < 1.29 is 24.5 Å². The smallest absolute Gasteiger partial charge is 0.338 e. The first-order valence-corrected chi connectivity index (χ1v) is 6.63. The fraction of sp³-hybridized carbons (Fsp3) is 0.429. The summed E-state index contributed by atoms with van der Waals surface area (Å²) < 4.78 is 5.21. The maximum absolute atomic E-state index is 12.3. The number of hydrogen-bond acceptors (Lipinski definition) is 4. The van der Waals surface area contributed by atoms with E-state index in [-0.39, 0.29) is 24.5 Å². The minimum absolute atomic E-state index is 0.0691. The fourth-order valence-electron chi connectivity index (χ4n) is 2.32. The van der Waals surface area contributed by atoms with Crippen LogP contribution in [-0.4, -0.2) is 59.5 Å². The lowest BCUT2D eigenvalue weighted by molar-refractivity contribution is -0.00485. The summed E-state index contributed by atoms with van der Waals surface area (Å²) in [4.78, 5) is 25.0. The predicted octanol–water partition coefficient (Wildman–Crippen LogP) is 0.918. The maximum Gasteiger partial charge on any atom is 0.338 e. The minimum atomic E-state index is -1.09. The zero-order valence-corrected chi connectivity index (χ0v) is 11.7. The van der Waals surface area contributed by atoms with Gasteiger partial charge in [-0.3, -0.25) is 0 Å². The van der Waals surface area contributed by atoms with E-state index >= 15 is 0 Å². The van der Waals surface area contributed by atoms with Crippen molar-refractivity contribution in [3.63, 3.8) is 0 Å². The van der Waals surface area contributed by atoms with Gasteiger partial charge in [0.2, 0.25) is 0 Å². The summed E-state index contributed by atoms with van der Waals surface area (Å²) in [6.45, 7) is 2.48. The highest BCUT2D eigenvalue weighted by atomic mass is 16.5. The van der Waals surface area contributed by atoms with Gasteiger partial charge < -0.3 is 25.2 Å². The van der Waals surface area contributed by atoms with E-state index in [2.05, 4.69) is 5.32 Å². The molecule has 1 saturated heterocycles. The molecule has 3 N–H and O–H groups in total. The lowest BCUT2D eigenvalue weighted by Gasteiger charge is -2.34. The second-order valence-corrected chi connectivity index (χ2v) is 4.84. The molecular weight excluding hydrogens is 276 g/mol. The summed E-state index contributed by atoms with van der Waals surface area (Å²) in [6, 6.07) is 4.04. The standard InChI is InChI=1S/C14H18N2O5/c1-9-3-2-4-11(12(9)13(18)19)15-14(20)16-5-6-21-8-10(16)7-17/h2-4,10,17H,5-8H2,1H3,(H,15,20)(H,18,19). The number of nitrogens with zero attached hydrogens (tertiary/aromatic N) is 1. The Morgan fingerprint density at radius 1 is 1.48 bits per heavy atom. The topological polar surface area (TPSA) is 99.1 Å². The number of ether oxygens (including phenoxy) is 1. The van der Waals surface area contributed by atoms with Gasteiger partial charge >= 0.3 is 12.0 Å². The van der Waals surface area contributed by atoms with Crippen LogP contribution in [0.5, 0.6) is 0 Å². The lowest BCUT2D eigenvalue weighted by Crippen LogP contribution is -2.52. The van der Waals surface area contributed by atoms with E-state index in [0.29, 0.717) is 18.7 Å². The number of amides is 2. The average molecular weight is 294 g/mol. The van der Waals surface area contributed by atoms with Gasteiger partial charge in [-0.1, -0.05) is 12.1 Å². The zero-order valence-electron chi connectivity index (χ0n) is 11.7. The number of anilines is 1. The van der Waals surface area contributed by atoms with Gasteiger partial charge in [-0.15, -0.1) is 0 Å². The molecule has 0 aromatic heterocycles. The summed E-state index contributed by atoms with van der Waals surface area (Å²) in [5.74, 6) is -1.09. The van der Waals surface area contributed by atoms with Crippen LogP contribution in [0, 0.1) is 6.92 Å². The van der Waals surface area contributed by atoms with Gasteiger partial charge in [0, 0.05) is 6.54 Å². The molecule has 0 radical (unpaired) electrons. The normalized spacial score (nSPS) is 18.4. The molecule has 114 valence electrons. The number of nitrogens with one attached hydrogen (secondary N) is 1. The molecule has 2 rings (SSSR count). The van der Waals surface area contributed by atoms with Crippen molar-refractivity contribution in [2.24, 2.45) is 0 Å². The number of carbonyl (C=O) groups is 2. The van der Waals surface area contributed by atoms with Gasteiger partial charge in [0.15, 0.2) is 0 Å². The van der Waals surface area contributed by atoms with Crippen molar-refractivity contribution in [3.8, 4) is 0 Å². The first kappa shape index (κ1) is 15.3. The monoisotopic (exact) mass is 294 g/mol. The largest absolute Gasteiger partial charge is 0.478 e. The number of aliphatic hydroxyl groups is 1. The van der Waals surface area contributed by atoms with Gasteiger partial charge in [-0.2, -0.15) is 0 Å². The van der Waals surface area contributed by atoms with Crippen LogP contribution in [0.3, 0.4) is 0 Å². The van der Waals surface area contributed by atoms with Gasteiger partial charge in [0.05, 0.1) is 37.1 Å². The molecule has 1 aromatic carbocycles. The van der Waals surface area contributed by atoms with Crippen molar-refractivity contribution in [2.45, 2.75) is 13.0 Å². The molecule has 1 aliphatic rings. The van der Waals surface area contributed by atoms with E-state index in [1.807, 2.05) is 0 Å². The van der Waals surface area contributed by atoms with E-state index in [4.69, 9.17) is 4.74 Å². The molecule has 1 atom stereocenters. The number of aryl methyl sites for hydroxylation is 1. The Hall–Kier alpha value is -2.12. The van der Waals surface area contributed by atoms with E-state index < -0.39 is 18.0 Å². The first-order chi connectivity index (χ1) is 10.0. The van der Waals surface area contributed by atoms with Gasteiger partial charge in [0.25, 0.3) is 0 Å². The highest BCUT2D eigenvalue weighted by Gasteiger charge is 2.27. The Labute approximate surface area is 122 Å². The highest BCUT2D eigenvalue weighted by molar-refractivity contribution is 6.01. The molecule has 0 spiro atoms. The molecular formula is C14H18N2O5. The first-order valence-electron chi connectivity index (χ1n) is 6.63. The number of rotatable bonds is 3. The number of aromatic carboxylic acids is 1. The van der Waals surface area contributed by atoms with E-state index in [0.717, 1.165) is 0 Å². The van der Waals surface area contributed by atoms with Gasteiger partial charge in [-0.25, -0.2) is 9.59 Å². The summed E-state index contributed by atoms with van der Waals surface area (Å²) >= 11 is 0. The molecule has 1 heterocycles. The molecule has 0 saturated carbocycles. The van der Waals surface area contributed by atoms with Crippen LogP contribution in [0.15, 0.2) is 18.2 Å². The number of carboxylic acid groups (broad SMARTS) is 1. The number of morpholine rings is 1. The predicted molar refractivity (Wildman–Crippen MR) is 75.6 cm³/mol. The SMILES string of the molecule is Cc1cccc(NC(=O)N2CCOCC2CO)c1C(=O)O. The van der Waals surface area contributed by atoms with E-state index in [1.54, 1.807) is 25.1 Å². The molecule has 1 unspecified atom stereocenters. The Morgan fingerprint density at radius 3 is 2.90 bits per heavy atom. The number of carbonyl (C=O) groups excluding carboxylic acids is 1. The summed E-state index contributed by atoms with van der Waals surface area (Å²) in [5, 5.41) is 21.1. The third-order valence-corrected chi connectivity index (χ3v) is 3.43. The molecule has 1 fully saturated rings. The van der Waals surface area contributed by atoms with E-state index in [9.17, 15) is 19.8 Å². The molecule has 1 aromatic rings. The zero-order chi connectivity index (χ0) is 15.4. The quantitative estimate of drug-likeness (QED) is 0.770. The fourth-order valence-corrected chi connectivity index (χ4v) is 2.32. The van der Waals surface area contributed by atoms with Crippen LogP contribution in [0.2, 0.25) is 0 Å². The van der Waals surface area contributed by atoms with Crippen molar-refractivity contribution >= 4 is 17.7 Å². The number of hydrogen-bond donors (Lipinski definition) is 3. The summed E-state index contributed by atoms with van der Waals surface area (Å²) in [7, 11) is 0. The minimum Gasteiger partial charge on any atom is -0.478 e. The Kier molecular flexibility index (Phi) is 4.77. The molecule has 0 bridgehead atoms. The summed E-state index contributed by atoms with van der Waals surface area (Å²) in [6.07, 6.45) is 0. The van der Waals surface area contributed by atoms with Gasteiger partial charge in [0.1, 0.15) is 0 Å². The van der Waals surface area contributed by atoms with Crippen LogP contribution in [-0.2, 0) is 4.74 Å². The van der Waals surface area contributed by atoms with Crippen molar-refractivity contribution in [1.82, 2.24) is 4.90 Å². The molecule has 7 nitrogen and oxygen atoms in total. The van der Waals surface area contributed by atoms with Crippen molar-refractivity contribution in [3.05, 3.63) is 29.3 Å². The second kappa shape index (κ2) is 6.55. The Morgan fingerprint density at radius 2 is 2.24 bits per heavy atom. The van der Waals surface area contributed by atoms with Crippen LogP contribution >= 0.6 is 0 Å². The van der Waals surface area contributed by atoms with Crippen molar-refractivity contribution in [2.75, 3.05) is 31.7 Å². The number of urea groups is 1. The third-order valence-electron chi connectivity index (χ3n) is 3.43. The second-order valence-electron chi connectivity index (χ2n) is 4.84. The van der Waals surface area contributed by atoms with Gasteiger partial charge in [-0.05, 0) is 18.6 Å². The van der Waals surface area contributed by atoms with Crippen LogP contribution < -0.4 is 5.32 Å². The molecule has 7 heteroatoms. The number of benzene rings is 1. The lowest BCUT2D eigenvalue weighted by atomic mass is 10.1. The average Bonchev–Trinajstić information content (AvgIpc) is 2.46.